The van der Waals surface area contributed by atoms with Crippen LogP contribution in [0, 0.1) is 11.7 Å². The maximum atomic E-state index is 14.1. The van der Waals surface area contributed by atoms with Gasteiger partial charge in [-0.25, -0.2) is 4.39 Å². The molecule has 1 saturated heterocycles. The monoisotopic (exact) mass is 402 g/mol. The number of amides is 2. The lowest BCUT2D eigenvalue weighted by Gasteiger charge is -2.20. The molecule has 0 spiro atoms. The lowest BCUT2D eigenvalue weighted by molar-refractivity contribution is -0.126. The molecular weight excluding hydrogens is 379 g/mol. The zero-order valence-corrected chi connectivity index (χ0v) is 16.5. The van der Waals surface area contributed by atoms with Gasteiger partial charge in [0, 0.05) is 25.4 Å². The second-order valence-corrected chi connectivity index (χ2v) is 7.48. The fraction of sp³-hybridized carbons (Fsp3) is 0.200. The molecule has 1 aliphatic rings. The van der Waals surface area contributed by atoms with Crippen LogP contribution in [0.4, 0.5) is 10.1 Å². The molecule has 0 unspecified atom stereocenters. The van der Waals surface area contributed by atoms with Crippen molar-refractivity contribution in [2.45, 2.75) is 12.3 Å². The normalized spacial score (nSPS) is 16.1. The molecule has 0 saturated carbocycles. The van der Waals surface area contributed by atoms with Crippen molar-refractivity contribution in [1.82, 2.24) is 5.32 Å². The standard InChI is InChI=1S/C25H23FN2O2/c26-22-13-7-8-14-23(22)28-17-20(15-24(28)29)25(30)27-16-21(18-9-3-1-4-10-18)19-11-5-2-6-12-19/h1-14,20-21H,15-17H2,(H,27,30)/t20-/m0/s1. The number of carbonyl (C=O) groups is 2. The highest BCUT2D eigenvalue weighted by Gasteiger charge is 2.36. The summed E-state index contributed by atoms with van der Waals surface area (Å²) in [7, 11) is 0. The smallest absolute Gasteiger partial charge is 0.227 e. The number of halogens is 1. The summed E-state index contributed by atoms with van der Waals surface area (Å²) in [6, 6.07) is 26.2. The first-order valence-corrected chi connectivity index (χ1v) is 10.1. The first-order chi connectivity index (χ1) is 14.6. The maximum absolute atomic E-state index is 14.1. The molecule has 3 aromatic rings. The van der Waals surface area contributed by atoms with Crippen molar-refractivity contribution in [2.75, 3.05) is 18.0 Å². The van der Waals surface area contributed by atoms with Gasteiger partial charge in [-0.3, -0.25) is 9.59 Å². The fourth-order valence-corrected chi connectivity index (χ4v) is 3.93. The highest BCUT2D eigenvalue weighted by atomic mass is 19.1. The fourth-order valence-electron chi connectivity index (χ4n) is 3.93. The molecule has 4 nitrogen and oxygen atoms in total. The summed E-state index contributed by atoms with van der Waals surface area (Å²) in [5, 5.41) is 3.02. The molecule has 4 rings (SSSR count). The van der Waals surface area contributed by atoms with E-state index in [0.717, 1.165) is 11.1 Å². The second-order valence-electron chi connectivity index (χ2n) is 7.48. The first-order valence-electron chi connectivity index (χ1n) is 10.1. The third-order valence-electron chi connectivity index (χ3n) is 5.52. The Kier molecular flexibility index (Phi) is 5.89. The van der Waals surface area contributed by atoms with E-state index < -0.39 is 11.7 Å². The Morgan fingerprint density at radius 1 is 0.933 bits per heavy atom. The van der Waals surface area contributed by atoms with Gasteiger partial charge in [-0.05, 0) is 23.3 Å². The van der Waals surface area contributed by atoms with E-state index >= 15 is 0 Å². The summed E-state index contributed by atoms with van der Waals surface area (Å²) in [4.78, 5) is 26.6. The molecule has 0 bridgehead atoms. The Balaban J connectivity index is 1.45. The zero-order chi connectivity index (χ0) is 20.9. The van der Waals surface area contributed by atoms with E-state index in [9.17, 15) is 14.0 Å². The van der Waals surface area contributed by atoms with Crippen molar-refractivity contribution in [1.29, 1.82) is 0 Å². The molecule has 30 heavy (non-hydrogen) atoms. The summed E-state index contributed by atoms with van der Waals surface area (Å²) >= 11 is 0. The second kappa shape index (κ2) is 8.91. The van der Waals surface area contributed by atoms with Crippen LogP contribution < -0.4 is 10.2 Å². The van der Waals surface area contributed by atoms with Gasteiger partial charge in [0.05, 0.1) is 11.6 Å². The van der Waals surface area contributed by atoms with E-state index in [1.54, 1.807) is 18.2 Å². The van der Waals surface area contributed by atoms with E-state index in [2.05, 4.69) is 5.32 Å². The van der Waals surface area contributed by atoms with Gasteiger partial charge < -0.3 is 10.2 Å². The van der Waals surface area contributed by atoms with Crippen molar-refractivity contribution in [3.05, 3.63) is 102 Å². The molecule has 0 radical (unpaired) electrons. The summed E-state index contributed by atoms with van der Waals surface area (Å²) in [5.41, 5.74) is 2.45. The lowest BCUT2D eigenvalue weighted by atomic mass is 9.91. The Morgan fingerprint density at radius 3 is 2.10 bits per heavy atom. The largest absolute Gasteiger partial charge is 0.355 e. The molecule has 3 aromatic carbocycles. The van der Waals surface area contributed by atoms with Crippen LogP contribution in [0.1, 0.15) is 23.5 Å². The van der Waals surface area contributed by atoms with Crippen molar-refractivity contribution in [2.24, 2.45) is 5.92 Å². The van der Waals surface area contributed by atoms with Crippen LogP contribution in [0.2, 0.25) is 0 Å². The summed E-state index contributed by atoms with van der Waals surface area (Å²) in [6.45, 7) is 0.615. The third-order valence-corrected chi connectivity index (χ3v) is 5.52. The number of nitrogens with zero attached hydrogens (tertiary/aromatic N) is 1. The van der Waals surface area contributed by atoms with Crippen LogP contribution in [-0.2, 0) is 9.59 Å². The SMILES string of the molecule is O=C(NCC(c1ccccc1)c1ccccc1)[C@H]1CC(=O)N(c2ccccc2F)C1. The highest BCUT2D eigenvalue weighted by Crippen LogP contribution is 2.28. The van der Waals surface area contributed by atoms with Crippen molar-refractivity contribution in [3.8, 4) is 0 Å². The van der Waals surface area contributed by atoms with Gasteiger partial charge in [-0.1, -0.05) is 72.8 Å². The van der Waals surface area contributed by atoms with Crippen LogP contribution in [0.15, 0.2) is 84.9 Å². The lowest BCUT2D eigenvalue weighted by Crippen LogP contribution is -2.35. The molecule has 0 aliphatic carbocycles. The molecule has 152 valence electrons. The van der Waals surface area contributed by atoms with E-state index in [1.807, 2.05) is 60.7 Å². The quantitative estimate of drug-likeness (QED) is 0.674. The Hall–Kier alpha value is -3.47. The predicted octanol–water partition coefficient (Wildman–Crippen LogP) is 4.13. The van der Waals surface area contributed by atoms with Crippen molar-refractivity contribution in [3.63, 3.8) is 0 Å². The summed E-state index contributed by atoms with van der Waals surface area (Å²) in [5.74, 6) is -1.36. The molecule has 1 heterocycles. The van der Waals surface area contributed by atoms with E-state index in [4.69, 9.17) is 0 Å². The number of hydrogen-bond donors (Lipinski definition) is 1. The van der Waals surface area contributed by atoms with Gasteiger partial charge in [0.15, 0.2) is 0 Å². The molecule has 1 fully saturated rings. The Bertz CT molecular complexity index is 984. The molecule has 1 aliphatic heterocycles. The van der Waals surface area contributed by atoms with Crippen LogP contribution in [0.3, 0.4) is 0 Å². The van der Waals surface area contributed by atoms with Crippen LogP contribution in [0.5, 0.6) is 0 Å². The minimum atomic E-state index is -0.496. The van der Waals surface area contributed by atoms with Gasteiger partial charge in [0.25, 0.3) is 0 Å². The van der Waals surface area contributed by atoms with Gasteiger partial charge >= 0.3 is 0 Å². The van der Waals surface area contributed by atoms with Crippen molar-refractivity contribution < 1.29 is 14.0 Å². The number of para-hydroxylation sites is 1. The third kappa shape index (κ3) is 4.25. The minimum Gasteiger partial charge on any atom is -0.355 e. The van der Waals surface area contributed by atoms with Crippen LogP contribution >= 0.6 is 0 Å². The van der Waals surface area contributed by atoms with Crippen LogP contribution in [-0.4, -0.2) is 24.9 Å². The number of hydrogen-bond acceptors (Lipinski definition) is 2. The van der Waals surface area contributed by atoms with Gasteiger partial charge in [-0.2, -0.15) is 0 Å². The first kappa shape index (κ1) is 19.8. The molecule has 2 amide bonds. The van der Waals surface area contributed by atoms with Gasteiger partial charge in [-0.15, -0.1) is 0 Å². The number of anilines is 1. The average Bonchev–Trinajstić information content (AvgIpc) is 3.17. The zero-order valence-electron chi connectivity index (χ0n) is 16.5. The predicted molar refractivity (Wildman–Crippen MR) is 115 cm³/mol. The number of rotatable bonds is 6. The molecule has 1 atom stereocenters. The highest BCUT2D eigenvalue weighted by molar-refractivity contribution is 6.00. The maximum Gasteiger partial charge on any atom is 0.227 e. The van der Waals surface area contributed by atoms with Crippen molar-refractivity contribution >= 4 is 17.5 Å². The number of benzene rings is 3. The Labute approximate surface area is 175 Å². The molecule has 1 N–H and O–H groups in total. The molecule has 5 heteroatoms. The minimum absolute atomic E-state index is 0.0103. The Morgan fingerprint density at radius 2 is 1.50 bits per heavy atom. The average molecular weight is 402 g/mol. The topological polar surface area (TPSA) is 49.4 Å². The number of carbonyl (C=O) groups excluding carboxylic acids is 2. The summed E-state index contributed by atoms with van der Waals surface area (Å²) in [6.07, 6.45) is 0.0848. The summed E-state index contributed by atoms with van der Waals surface area (Å²) < 4.78 is 14.1. The molecular formula is C25H23FN2O2. The van der Waals surface area contributed by atoms with Crippen LogP contribution in [0.25, 0.3) is 0 Å². The van der Waals surface area contributed by atoms with E-state index in [-0.39, 0.29) is 36.4 Å². The van der Waals surface area contributed by atoms with Gasteiger partial charge in [0.2, 0.25) is 11.8 Å². The van der Waals surface area contributed by atoms with E-state index in [0.29, 0.717) is 6.54 Å². The van der Waals surface area contributed by atoms with Gasteiger partial charge in [0.1, 0.15) is 5.82 Å². The number of nitrogens with one attached hydrogen (secondary N) is 1. The molecule has 0 aromatic heterocycles. The van der Waals surface area contributed by atoms with E-state index in [1.165, 1.54) is 11.0 Å².